The van der Waals surface area contributed by atoms with Crippen LogP contribution >= 0.6 is 11.6 Å². The molecular weight excluding hydrogens is 496 g/mol. The lowest BCUT2D eigenvalue weighted by atomic mass is 9.49. The Kier molecular flexibility index (Phi) is 10.2. The third-order valence-electron chi connectivity index (χ3n) is 9.24. The molecule has 5 rings (SSSR count). The maximum atomic E-state index is 13.4. The fourth-order valence-corrected chi connectivity index (χ4v) is 6.51. The van der Waals surface area contributed by atoms with Gasteiger partial charge < -0.3 is 15.1 Å². The molecule has 0 aromatic heterocycles. The number of piperazine rings is 1. The largest absolute Gasteiger partial charge is 0.340 e. The Morgan fingerprint density at radius 3 is 2.42 bits per heavy atom. The number of benzene rings is 1. The first-order chi connectivity index (χ1) is 18.3. The number of unbranched alkanes of at least 4 members (excludes halogenated alkanes) is 4. The van der Waals surface area contributed by atoms with Crippen LogP contribution in [0.3, 0.4) is 0 Å². The number of halogens is 1. The molecule has 2 atom stereocenters. The second kappa shape index (κ2) is 13.3. The van der Waals surface area contributed by atoms with Crippen LogP contribution in [0.25, 0.3) is 0 Å². The monoisotopic (exact) mass is 542 g/mol. The first-order valence-corrected chi connectivity index (χ1v) is 15.2. The van der Waals surface area contributed by atoms with Crippen molar-refractivity contribution in [2.75, 3.05) is 51.1 Å². The smallest absolute Gasteiger partial charge is 0.322 e. The first kappa shape index (κ1) is 28.9. The van der Waals surface area contributed by atoms with Gasteiger partial charge in [-0.3, -0.25) is 9.69 Å². The number of rotatable bonds is 12. The zero-order valence-electron chi connectivity index (χ0n) is 23.7. The number of amides is 3. The van der Waals surface area contributed by atoms with Gasteiger partial charge in [-0.1, -0.05) is 69.7 Å². The number of urea groups is 1. The lowest BCUT2D eigenvalue weighted by Crippen LogP contribution is -2.52. The highest BCUT2D eigenvalue weighted by Crippen LogP contribution is 2.59. The van der Waals surface area contributed by atoms with Gasteiger partial charge in [-0.15, -0.1) is 0 Å². The van der Waals surface area contributed by atoms with Gasteiger partial charge in [-0.25, -0.2) is 4.79 Å². The zero-order valence-corrected chi connectivity index (χ0v) is 24.4. The summed E-state index contributed by atoms with van der Waals surface area (Å²) in [6, 6.07) is 7.22. The minimum atomic E-state index is -0.0654. The maximum absolute atomic E-state index is 13.4. The van der Waals surface area contributed by atoms with E-state index in [4.69, 9.17) is 11.6 Å². The average molecular weight is 543 g/mol. The predicted molar refractivity (Wildman–Crippen MR) is 157 cm³/mol. The van der Waals surface area contributed by atoms with Crippen molar-refractivity contribution in [2.24, 2.45) is 17.3 Å². The van der Waals surface area contributed by atoms with Crippen LogP contribution in [0, 0.1) is 17.3 Å². The number of hydrogen-bond acceptors (Lipinski definition) is 3. The number of anilines is 1. The molecule has 3 aliphatic carbocycles. The summed E-state index contributed by atoms with van der Waals surface area (Å²) in [6.07, 6.45) is 11.3. The van der Waals surface area contributed by atoms with E-state index in [1.165, 1.54) is 31.3 Å². The molecule has 7 heteroatoms. The van der Waals surface area contributed by atoms with Gasteiger partial charge in [0.2, 0.25) is 5.91 Å². The highest BCUT2D eigenvalue weighted by molar-refractivity contribution is 6.30. The summed E-state index contributed by atoms with van der Waals surface area (Å²) in [5.74, 6) is 1.65. The van der Waals surface area contributed by atoms with E-state index in [0.717, 1.165) is 63.6 Å². The van der Waals surface area contributed by atoms with Gasteiger partial charge in [-0.05, 0) is 60.8 Å². The van der Waals surface area contributed by atoms with Crippen molar-refractivity contribution >= 4 is 29.2 Å². The number of nitrogens with zero attached hydrogens (tertiary/aromatic N) is 3. The Balaban J connectivity index is 1.29. The fourth-order valence-electron chi connectivity index (χ4n) is 6.39. The molecule has 3 amide bonds. The highest BCUT2D eigenvalue weighted by atomic mass is 35.5. The van der Waals surface area contributed by atoms with E-state index in [0.29, 0.717) is 41.8 Å². The Morgan fingerprint density at radius 1 is 1.05 bits per heavy atom. The molecule has 1 saturated carbocycles. The van der Waals surface area contributed by atoms with Crippen LogP contribution in [0.5, 0.6) is 0 Å². The summed E-state index contributed by atoms with van der Waals surface area (Å²) in [4.78, 5) is 32.4. The van der Waals surface area contributed by atoms with Crippen molar-refractivity contribution in [3.05, 3.63) is 40.9 Å². The van der Waals surface area contributed by atoms with E-state index in [9.17, 15) is 9.59 Å². The van der Waals surface area contributed by atoms with Gasteiger partial charge in [-0.2, -0.15) is 0 Å². The Hall–Kier alpha value is -2.05. The molecule has 1 aliphatic heterocycles. The van der Waals surface area contributed by atoms with Crippen LogP contribution in [0.4, 0.5) is 10.5 Å². The molecule has 2 bridgehead atoms. The van der Waals surface area contributed by atoms with E-state index >= 15 is 0 Å². The van der Waals surface area contributed by atoms with Crippen molar-refractivity contribution in [1.29, 1.82) is 0 Å². The second-order valence-corrected chi connectivity index (χ2v) is 12.5. The SMILES string of the molecule is CCCCCCCC(=O)N1CCN(CCN(CC2=CCC3CC2C3(C)C)C(=O)Nc2ccc(Cl)cc2)CC1. The minimum Gasteiger partial charge on any atom is -0.340 e. The van der Waals surface area contributed by atoms with Gasteiger partial charge in [0.05, 0.1) is 0 Å². The van der Waals surface area contributed by atoms with E-state index in [1.54, 1.807) is 12.1 Å². The van der Waals surface area contributed by atoms with E-state index in [2.05, 4.69) is 37.1 Å². The number of allylic oxidation sites excluding steroid dienone is 1. The summed E-state index contributed by atoms with van der Waals surface area (Å²) in [5, 5.41) is 3.73. The van der Waals surface area contributed by atoms with Crippen molar-refractivity contribution < 1.29 is 9.59 Å². The predicted octanol–water partition coefficient (Wildman–Crippen LogP) is 6.67. The van der Waals surface area contributed by atoms with Crippen LogP contribution in [0.15, 0.2) is 35.9 Å². The number of carbonyl (C=O) groups excluding carboxylic acids is 2. The van der Waals surface area contributed by atoms with Crippen molar-refractivity contribution in [3.63, 3.8) is 0 Å². The molecule has 1 aromatic rings. The third-order valence-corrected chi connectivity index (χ3v) is 9.50. The number of hydrogen-bond donors (Lipinski definition) is 1. The summed E-state index contributed by atoms with van der Waals surface area (Å²) >= 11 is 6.03. The van der Waals surface area contributed by atoms with Crippen molar-refractivity contribution in [2.45, 2.75) is 72.1 Å². The lowest BCUT2D eigenvalue weighted by molar-refractivity contribution is -0.133. The summed E-state index contributed by atoms with van der Waals surface area (Å²) in [5.41, 5.74) is 2.51. The van der Waals surface area contributed by atoms with Crippen LogP contribution in [0.2, 0.25) is 5.02 Å². The quantitative estimate of drug-likeness (QED) is 0.237. The molecular formula is C31H47ClN4O2. The van der Waals surface area contributed by atoms with E-state index in [-0.39, 0.29) is 6.03 Å². The maximum Gasteiger partial charge on any atom is 0.322 e. The zero-order chi connectivity index (χ0) is 27.1. The average Bonchev–Trinajstić information content (AvgIpc) is 2.92. The number of nitrogens with one attached hydrogen (secondary N) is 1. The Morgan fingerprint density at radius 2 is 1.76 bits per heavy atom. The van der Waals surface area contributed by atoms with Crippen LogP contribution in [-0.2, 0) is 4.79 Å². The van der Waals surface area contributed by atoms with Crippen molar-refractivity contribution in [3.8, 4) is 0 Å². The summed E-state index contributed by atoms with van der Waals surface area (Å²) < 4.78 is 0. The molecule has 1 aromatic carbocycles. The highest BCUT2D eigenvalue weighted by Gasteiger charge is 2.51. The van der Waals surface area contributed by atoms with Crippen molar-refractivity contribution in [1.82, 2.24) is 14.7 Å². The third kappa shape index (κ3) is 7.32. The van der Waals surface area contributed by atoms with Crippen LogP contribution < -0.4 is 5.32 Å². The van der Waals surface area contributed by atoms with Gasteiger partial charge in [0, 0.05) is 62.9 Å². The molecule has 6 nitrogen and oxygen atoms in total. The number of fused-ring (bicyclic) bond motifs is 1. The van der Waals surface area contributed by atoms with E-state index in [1.807, 2.05) is 21.9 Å². The topological polar surface area (TPSA) is 55.9 Å². The van der Waals surface area contributed by atoms with Crippen LogP contribution in [-0.4, -0.2) is 72.5 Å². The molecule has 1 N–H and O–H groups in total. The summed E-state index contributed by atoms with van der Waals surface area (Å²) in [7, 11) is 0. The van der Waals surface area contributed by atoms with Gasteiger partial charge in [0.25, 0.3) is 0 Å². The first-order valence-electron chi connectivity index (χ1n) is 14.8. The Bertz CT molecular complexity index is 969. The molecule has 0 radical (unpaired) electrons. The summed E-state index contributed by atoms with van der Waals surface area (Å²) in [6.45, 7) is 12.4. The Labute approximate surface area is 234 Å². The molecule has 2 unspecified atom stereocenters. The standard InChI is InChI=1S/C31H47ClN4O2/c1-4-5-6-7-8-9-29(37)35-19-16-34(17-20-35)18-21-36(30(38)33-27-14-12-26(32)13-15-27)23-24-10-11-25-22-28(24)31(25,2)3/h10,12-15,25,28H,4-9,11,16-23H2,1-3H3,(H,33,38). The van der Waals surface area contributed by atoms with Gasteiger partial charge in [0.15, 0.2) is 0 Å². The van der Waals surface area contributed by atoms with Gasteiger partial charge in [0.1, 0.15) is 0 Å². The number of carbonyl (C=O) groups is 2. The lowest BCUT2D eigenvalue weighted by Gasteiger charge is -2.57. The molecule has 38 heavy (non-hydrogen) atoms. The minimum absolute atomic E-state index is 0.0654. The molecule has 1 saturated heterocycles. The molecule has 1 heterocycles. The van der Waals surface area contributed by atoms with E-state index < -0.39 is 0 Å². The molecule has 0 spiro atoms. The van der Waals surface area contributed by atoms with Gasteiger partial charge >= 0.3 is 6.03 Å². The molecule has 4 aliphatic rings. The van der Waals surface area contributed by atoms with Crippen LogP contribution in [0.1, 0.15) is 72.1 Å². The second-order valence-electron chi connectivity index (χ2n) is 12.1. The fraction of sp³-hybridized carbons (Fsp3) is 0.677. The normalized spacial score (nSPS) is 22.4. The molecule has 2 fully saturated rings. The molecule has 210 valence electrons.